The van der Waals surface area contributed by atoms with Crippen molar-refractivity contribution in [3.8, 4) is 0 Å². The van der Waals surface area contributed by atoms with Gasteiger partial charge in [0.15, 0.2) is 0 Å². The maximum Gasteiger partial charge on any atom is 0.247 e. The summed E-state index contributed by atoms with van der Waals surface area (Å²) in [4.78, 5) is 27.0. The lowest BCUT2D eigenvalue weighted by atomic mass is 10.2. The number of nitrogens with zero attached hydrogens (tertiary/aromatic N) is 1. The molecule has 1 unspecified atom stereocenters. The summed E-state index contributed by atoms with van der Waals surface area (Å²) in [6, 6.07) is 14.7. The van der Waals surface area contributed by atoms with Crippen LogP contribution in [0.2, 0.25) is 5.02 Å². The second-order valence-electron chi connectivity index (χ2n) is 5.17. The number of anilines is 1. The van der Waals surface area contributed by atoms with E-state index in [9.17, 15) is 9.59 Å². The van der Waals surface area contributed by atoms with Gasteiger partial charge < -0.3 is 0 Å². The van der Waals surface area contributed by atoms with Crippen LogP contribution in [0.5, 0.6) is 0 Å². The van der Waals surface area contributed by atoms with E-state index in [0.29, 0.717) is 10.7 Å². The number of halogens is 1. The van der Waals surface area contributed by atoms with E-state index in [1.54, 1.807) is 24.3 Å². The van der Waals surface area contributed by atoms with Crippen LogP contribution in [0.25, 0.3) is 0 Å². The number of amides is 2. The Balaban J connectivity index is 1.79. The minimum Gasteiger partial charge on any atom is -0.274 e. The summed E-state index contributed by atoms with van der Waals surface area (Å²) in [5.74, 6) is -0.338. The maximum atomic E-state index is 12.5. The molecule has 0 radical (unpaired) electrons. The molecular weight excluding hydrogens is 318 g/mol. The molecule has 1 heterocycles. The first-order chi connectivity index (χ1) is 10.5. The molecule has 0 aliphatic carbocycles. The predicted octanol–water partition coefficient (Wildman–Crippen LogP) is 4.07. The molecule has 3 rings (SSSR count). The van der Waals surface area contributed by atoms with Crippen molar-refractivity contribution in [1.82, 2.24) is 0 Å². The quantitative estimate of drug-likeness (QED) is 0.795. The van der Waals surface area contributed by atoms with Gasteiger partial charge in [0, 0.05) is 16.3 Å². The fraction of sp³-hybridized carbons (Fsp3) is 0.176. The summed E-state index contributed by atoms with van der Waals surface area (Å²) in [6.07, 6.45) is 0.222. The van der Waals surface area contributed by atoms with Gasteiger partial charge in [-0.2, -0.15) is 0 Å². The molecule has 5 heteroatoms. The molecule has 0 saturated carbocycles. The Kier molecular flexibility index (Phi) is 4.23. The Morgan fingerprint density at radius 3 is 2.32 bits per heavy atom. The average molecular weight is 332 g/mol. The number of carbonyl (C=O) groups is 2. The molecule has 22 heavy (non-hydrogen) atoms. The zero-order valence-electron chi connectivity index (χ0n) is 12.0. The van der Waals surface area contributed by atoms with Crippen LogP contribution in [0.15, 0.2) is 53.4 Å². The van der Waals surface area contributed by atoms with E-state index in [4.69, 9.17) is 11.6 Å². The van der Waals surface area contributed by atoms with Gasteiger partial charge in [0.25, 0.3) is 0 Å². The van der Waals surface area contributed by atoms with Crippen molar-refractivity contribution >= 4 is 40.9 Å². The van der Waals surface area contributed by atoms with E-state index in [1.807, 2.05) is 31.2 Å². The number of hydrogen-bond acceptors (Lipinski definition) is 3. The van der Waals surface area contributed by atoms with Gasteiger partial charge in [-0.25, -0.2) is 4.90 Å². The van der Waals surface area contributed by atoms with Crippen molar-refractivity contribution in [2.75, 3.05) is 4.90 Å². The monoisotopic (exact) mass is 331 g/mol. The second-order valence-corrected chi connectivity index (χ2v) is 6.88. The van der Waals surface area contributed by atoms with Gasteiger partial charge in [0.2, 0.25) is 11.8 Å². The van der Waals surface area contributed by atoms with Crippen LogP contribution in [0.4, 0.5) is 5.69 Å². The van der Waals surface area contributed by atoms with Crippen molar-refractivity contribution < 1.29 is 9.59 Å². The van der Waals surface area contributed by atoms with E-state index in [1.165, 1.54) is 22.2 Å². The fourth-order valence-electron chi connectivity index (χ4n) is 2.34. The molecule has 0 N–H and O–H groups in total. The van der Waals surface area contributed by atoms with Crippen LogP contribution < -0.4 is 4.90 Å². The number of rotatable bonds is 3. The molecule has 1 aliphatic heterocycles. The van der Waals surface area contributed by atoms with Gasteiger partial charge in [0.1, 0.15) is 0 Å². The highest BCUT2D eigenvalue weighted by Crippen LogP contribution is 2.34. The number of hydrogen-bond donors (Lipinski definition) is 0. The first kappa shape index (κ1) is 15.1. The summed E-state index contributed by atoms with van der Waals surface area (Å²) in [6.45, 7) is 2.01. The van der Waals surface area contributed by atoms with Crippen LogP contribution in [0.3, 0.4) is 0 Å². The van der Waals surface area contributed by atoms with E-state index < -0.39 is 0 Å². The summed E-state index contributed by atoms with van der Waals surface area (Å²) < 4.78 is 0. The summed E-state index contributed by atoms with van der Waals surface area (Å²) in [7, 11) is 0. The molecule has 1 saturated heterocycles. The zero-order valence-corrected chi connectivity index (χ0v) is 13.5. The maximum absolute atomic E-state index is 12.5. The number of aryl methyl sites for hydroxylation is 1. The normalized spacial score (nSPS) is 18.1. The zero-order chi connectivity index (χ0) is 15.7. The van der Waals surface area contributed by atoms with Crippen molar-refractivity contribution in [1.29, 1.82) is 0 Å². The lowest BCUT2D eigenvalue weighted by Crippen LogP contribution is -2.31. The minimum absolute atomic E-state index is 0.169. The highest BCUT2D eigenvalue weighted by molar-refractivity contribution is 8.00. The standard InChI is InChI=1S/C17H14ClNO2S/c1-11-2-8-14(9-3-11)22-15-10-16(20)19(17(15)21)13-6-4-12(18)5-7-13/h2-9,15H,10H2,1H3. The van der Waals surface area contributed by atoms with E-state index in [2.05, 4.69) is 0 Å². The predicted molar refractivity (Wildman–Crippen MR) is 89.4 cm³/mol. The molecule has 2 aromatic carbocycles. The molecule has 0 bridgehead atoms. The van der Waals surface area contributed by atoms with E-state index >= 15 is 0 Å². The smallest absolute Gasteiger partial charge is 0.247 e. The Morgan fingerprint density at radius 2 is 1.68 bits per heavy atom. The van der Waals surface area contributed by atoms with Crippen molar-refractivity contribution in [2.45, 2.75) is 23.5 Å². The summed E-state index contributed by atoms with van der Waals surface area (Å²) in [5, 5.41) is 0.208. The van der Waals surface area contributed by atoms with Crippen LogP contribution in [0.1, 0.15) is 12.0 Å². The SMILES string of the molecule is Cc1ccc(SC2CC(=O)N(c3ccc(Cl)cc3)C2=O)cc1. The molecule has 2 aromatic rings. The third-order valence-electron chi connectivity index (χ3n) is 3.49. The highest BCUT2D eigenvalue weighted by Gasteiger charge is 2.40. The van der Waals surface area contributed by atoms with Crippen molar-refractivity contribution in [3.63, 3.8) is 0 Å². The third kappa shape index (κ3) is 3.03. The number of benzene rings is 2. The van der Waals surface area contributed by atoms with Gasteiger partial charge in [-0.05, 0) is 43.3 Å². The van der Waals surface area contributed by atoms with Crippen LogP contribution in [0, 0.1) is 6.92 Å². The van der Waals surface area contributed by atoms with Gasteiger partial charge >= 0.3 is 0 Å². The van der Waals surface area contributed by atoms with Crippen LogP contribution in [-0.2, 0) is 9.59 Å². The topological polar surface area (TPSA) is 37.4 Å². The number of imide groups is 1. The van der Waals surface area contributed by atoms with Gasteiger partial charge in [-0.3, -0.25) is 9.59 Å². The molecule has 2 amide bonds. The molecule has 1 atom stereocenters. The van der Waals surface area contributed by atoms with Gasteiger partial charge in [-0.15, -0.1) is 11.8 Å². The van der Waals surface area contributed by atoms with Crippen molar-refractivity contribution in [2.24, 2.45) is 0 Å². The minimum atomic E-state index is -0.370. The lowest BCUT2D eigenvalue weighted by molar-refractivity contribution is -0.121. The second kappa shape index (κ2) is 6.15. The molecule has 0 aromatic heterocycles. The Morgan fingerprint density at radius 1 is 1.05 bits per heavy atom. The molecule has 3 nitrogen and oxygen atoms in total. The summed E-state index contributed by atoms with van der Waals surface area (Å²) in [5.41, 5.74) is 1.74. The number of thioether (sulfide) groups is 1. The largest absolute Gasteiger partial charge is 0.274 e. The first-order valence-corrected chi connectivity index (χ1v) is 8.16. The number of carbonyl (C=O) groups excluding carboxylic acids is 2. The summed E-state index contributed by atoms with van der Waals surface area (Å²) >= 11 is 7.28. The van der Waals surface area contributed by atoms with Crippen LogP contribution in [-0.4, -0.2) is 17.1 Å². The van der Waals surface area contributed by atoms with Gasteiger partial charge in [0.05, 0.1) is 10.9 Å². The molecule has 0 spiro atoms. The Bertz CT molecular complexity index is 712. The highest BCUT2D eigenvalue weighted by atomic mass is 35.5. The van der Waals surface area contributed by atoms with Crippen molar-refractivity contribution in [3.05, 3.63) is 59.1 Å². The Labute approximate surface area is 138 Å². The molecular formula is C17H14ClNO2S. The molecule has 112 valence electrons. The Hall–Kier alpha value is -1.78. The third-order valence-corrected chi connectivity index (χ3v) is 4.94. The van der Waals surface area contributed by atoms with Gasteiger partial charge in [-0.1, -0.05) is 29.3 Å². The molecule has 1 fully saturated rings. The molecule has 1 aliphatic rings. The van der Waals surface area contributed by atoms with E-state index in [-0.39, 0.29) is 23.5 Å². The lowest BCUT2D eigenvalue weighted by Gasteiger charge is -2.15. The average Bonchev–Trinajstić information content (AvgIpc) is 2.77. The van der Waals surface area contributed by atoms with Crippen LogP contribution >= 0.6 is 23.4 Å². The fourth-order valence-corrected chi connectivity index (χ4v) is 3.52. The van der Waals surface area contributed by atoms with E-state index in [0.717, 1.165) is 4.90 Å². The first-order valence-electron chi connectivity index (χ1n) is 6.90.